The molecular weight excluding hydrogens is 436 g/mol. The van der Waals surface area contributed by atoms with E-state index in [1.165, 1.54) is 4.90 Å². The number of aromatic nitrogens is 1. The number of carboxylic acids is 1. The summed E-state index contributed by atoms with van der Waals surface area (Å²) < 4.78 is 5.46. The number of nitrogens with one attached hydrogen (secondary N) is 2. The van der Waals surface area contributed by atoms with Crippen LogP contribution in [-0.4, -0.2) is 51.3 Å². The number of nitrogens with two attached hydrogens (primary N) is 1. The van der Waals surface area contributed by atoms with Gasteiger partial charge in [0.15, 0.2) is 5.78 Å². The van der Waals surface area contributed by atoms with Crippen molar-refractivity contribution in [2.45, 2.75) is 38.6 Å². The lowest BCUT2D eigenvalue weighted by Crippen LogP contribution is -2.39. The van der Waals surface area contributed by atoms with Crippen molar-refractivity contribution in [3.05, 3.63) is 64.8 Å². The van der Waals surface area contributed by atoms with Gasteiger partial charge in [-0.1, -0.05) is 24.3 Å². The fraction of sp³-hybridized carbons (Fsp3) is 0.280. The predicted octanol–water partition coefficient (Wildman–Crippen LogP) is 3.62. The van der Waals surface area contributed by atoms with E-state index in [0.717, 1.165) is 29.6 Å². The van der Waals surface area contributed by atoms with Crippen LogP contribution < -0.4 is 10.5 Å². The molecule has 2 aromatic carbocycles. The summed E-state index contributed by atoms with van der Waals surface area (Å²) in [6.07, 6.45) is 1.62. The zero-order valence-corrected chi connectivity index (χ0v) is 18.8. The third-order valence-corrected chi connectivity index (χ3v) is 5.87. The lowest BCUT2D eigenvalue weighted by Gasteiger charge is -2.19. The van der Waals surface area contributed by atoms with E-state index in [0.29, 0.717) is 22.9 Å². The number of carboxylic acid groups (broad SMARTS) is 1. The average molecular weight is 463 g/mol. The van der Waals surface area contributed by atoms with Gasteiger partial charge in [0, 0.05) is 40.2 Å². The number of ether oxygens (including phenoxy) is 1. The Morgan fingerprint density at radius 2 is 1.88 bits per heavy atom. The summed E-state index contributed by atoms with van der Waals surface area (Å²) in [6, 6.07) is 12.1. The van der Waals surface area contributed by atoms with Crippen molar-refractivity contribution in [2.24, 2.45) is 5.73 Å². The van der Waals surface area contributed by atoms with Crippen LogP contribution in [0.2, 0.25) is 0 Å². The zero-order chi connectivity index (χ0) is 24.4. The molecule has 9 heteroatoms. The molecule has 0 aliphatic heterocycles. The number of hydrogen-bond donors (Lipinski definition) is 4. The van der Waals surface area contributed by atoms with Gasteiger partial charge in [-0.25, -0.2) is 4.79 Å². The maximum Gasteiger partial charge on any atom is 0.416 e. The van der Waals surface area contributed by atoms with Crippen LogP contribution in [0.25, 0.3) is 10.9 Å². The molecular formula is C25H26N4O5. The molecule has 1 saturated carbocycles. The van der Waals surface area contributed by atoms with Crippen LogP contribution in [0.4, 0.5) is 4.79 Å². The molecule has 1 heterocycles. The second-order valence-corrected chi connectivity index (χ2v) is 8.49. The molecule has 176 valence electrons. The van der Waals surface area contributed by atoms with E-state index in [1.807, 2.05) is 19.1 Å². The van der Waals surface area contributed by atoms with E-state index in [2.05, 4.69) is 4.98 Å². The molecule has 1 fully saturated rings. The number of carbonyl (C=O) groups is 3. The Morgan fingerprint density at radius 3 is 2.50 bits per heavy atom. The molecule has 0 unspecified atom stereocenters. The molecule has 5 N–H and O–H groups in total. The predicted molar refractivity (Wildman–Crippen MR) is 127 cm³/mol. The largest absolute Gasteiger partial charge is 0.480 e. The molecule has 1 aliphatic carbocycles. The van der Waals surface area contributed by atoms with Crippen molar-refractivity contribution in [3.63, 3.8) is 0 Å². The van der Waals surface area contributed by atoms with Gasteiger partial charge in [-0.2, -0.15) is 0 Å². The summed E-state index contributed by atoms with van der Waals surface area (Å²) in [5, 5.41) is 17.2. The van der Waals surface area contributed by atoms with E-state index >= 15 is 0 Å². The van der Waals surface area contributed by atoms with Crippen molar-refractivity contribution >= 4 is 34.6 Å². The zero-order valence-electron chi connectivity index (χ0n) is 18.8. The van der Waals surface area contributed by atoms with E-state index in [-0.39, 0.29) is 29.8 Å². The number of hydrogen-bond acceptors (Lipinski definition) is 5. The quantitative estimate of drug-likeness (QED) is 0.217. The van der Waals surface area contributed by atoms with Crippen molar-refractivity contribution in [2.75, 3.05) is 6.54 Å². The van der Waals surface area contributed by atoms with Crippen LogP contribution in [0, 0.1) is 12.3 Å². The van der Waals surface area contributed by atoms with Crippen LogP contribution >= 0.6 is 0 Å². The highest BCUT2D eigenvalue weighted by Gasteiger charge is 2.35. The smallest absolute Gasteiger partial charge is 0.416 e. The Hall–Kier alpha value is -4.14. The number of amides is 1. The van der Waals surface area contributed by atoms with Crippen molar-refractivity contribution in [1.29, 1.82) is 5.41 Å². The molecule has 1 aromatic heterocycles. The highest BCUT2D eigenvalue weighted by Crippen LogP contribution is 2.30. The normalized spacial score (nSPS) is 13.0. The standard InChI is InChI=1S/C25H26N4O5/c1-14-23(21(30)11-4-15-2-5-16(6-3-15)24(26)27)19-12-18(9-10-20(19)28-14)34-25(33)29(13-22(31)32)17-7-8-17/h2-3,5-6,9-10,12,17,28H,4,7-8,11,13H2,1H3,(H3,26,27)(H,31,32). The summed E-state index contributed by atoms with van der Waals surface area (Å²) >= 11 is 0. The van der Waals surface area contributed by atoms with Crippen LogP contribution in [0.5, 0.6) is 5.75 Å². The molecule has 34 heavy (non-hydrogen) atoms. The number of carbonyl (C=O) groups excluding carboxylic acids is 2. The Kier molecular flexibility index (Phi) is 6.36. The minimum absolute atomic E-state index is 0.00300. The number of nitrogen functional groups attached to an aromatic ring is 1. The summed E-state index contributed by atoms with van der Waals surface area (Å²) in [5.41, 5.74) is 9.09. The molecule has 9 nitrogen and oxygen atoms in total. The van der Waals surface area contributed by atoms with Crippen molar-refractivity contribution in [1.82, 2.24) is 9.88 Å². The van der Waals surface area contributed by atoms with Crippen LogP contribution in [0.15, 0.2) is 42.5 Å². The first-order valence-corrected chi connectivity index (χ1v) is 11.0. The molecule has 0 atom stereocenters. The van der Waals surface area contributed by atoms with Crippen LogP contribution in [0.3, 0.4) is 0 Å². The average Bonchev–Trinajstić information content (AvgIpc) is 3.58. The summed E-state index contributed by atoms with van der Waals surface area (Å²) in [4.78, 5) is 41.2. The Balaban J connectivity index is 1.50. The number of benzene rings is 2. The number of fused-ring (bicyclic) bond motifs is 1. The maximum atomic E-state index is 13.1. The fourth-order valence-corrected chi connectivity index (χ4v) is 4.00. The molecule has 0 saturated heterocycles. The van der Waals surface area contributed by atoms with Crippen molar-refractivity contribution in [3.8, 4) is 5.75 Å². The second kappa shape index (κ2) is 9.38. The van der Waals surface area contributed by atoms with Gasteiger partial charge in [-0.05, 0) is 49.9 Å². The number of aliphatic carboxylic acids is 1. The van der Waals surface area contributed by atoms with Gasteiger partial charge in [0.05, 0.1) is 0 Å². The Bertz CT molecular complexity index is 1270. The lowest BCUT2D eigenvalue weighted by atomic mass is 9.99. The summed E-state index contributed by atoms with van der Waals surface area (Å²) in [7, 11) is 0. The highest BCUT2D eigenvalue weighted by atomic mass is 16.6. The number of aromatic amines is 1. The summed E-state index contributed by atoms with van der Waals surface area (Å²) in [5.74, 6) is -0.893. The fourth-order valence-electron chi connectivity index (χ4n) is 4.00. The molecule has 4 rings (SSSR count). The topological polar surface area (TPSA) is 150 Å². The SMILES string of the molecule is Cc1[nH]c2ccc(OC(=O)N(CC(=O)O)C3CC3)cc2c1C(=O)CCc1ccc(C(=N)N)cc1. The van der Waals surface area contributed by atoms with Gasteiger partial charge < -0.3 is 20.6 Å². The minimum atomic E-state index is -1.09. The van der Waals surface area contributed by atoms with Crippen molar-refractivity contribution < 1.29 is 24.2 Å². The number of Topliss-reactive ketones (excluding diaryl/α,β-unsaturated/α-hetero) is 1. The number of amidine groups is 1. The van der Waals surface area contributed by atoms with E-state index in [4.69, 9.17) is 21.0 Å². The number of nitrogens with zero attached hydrogens (tertiary/aromatic N) is 1. The van der Waals surface area contributed by atoms with Crippen LogP contribution in [0.1, 0.15) is 46.4 Å². The van der Waals surface area contributed by atoms with E-state index in [1.54, 1.807) is 30.3 Å². The molecule has 0 bridgehead atoms. The number of rotatable bonds is 9. The Morgan fingerprint density at radius 1 is 1.18 bits per heavy atom. The number of H-pyrrole nitrogens is 1. The molecule has 1 amide bonds. The van der Waals surface area contributed by atoms with Gasteiger partial charge in [-0.3, -0.25) is 19.9 Å². The first-order valence-electron chi connectivity index (χ1n) is 11.0. The molecule has 1 aliphatic rings. The summed E-state index contributed by atoms with van der Waals surface area (Å²) in [6.45, 7) is 1.41. The first-order chi connectivity index (χ1) is 16.2. The first kappa shape index (κ1) is 23.0. The monoisotopic (exact) mass is 462 g/mol. The molecule has 3 aromatic rings. The van der Waals surface area contributed by atoms with Gasteiger partial charge in [0.25, 0.3) is 0 Å². The maximum absolute atomic E-state index is 13.1. The molecule has 0 spiro atoms. The minimum Gasteiger partial charge on any atom is -0.480 e. The number of ketones is 1. The number of aryl methyl sites for hydroxylation is 2. The second-order valence-electron chi connectivity index (χ2n) is 8.49. The van der Waals surface area contributed by atoms with Gasteiger partial charge in [-0.15, -0.1) is 0 Å². The third kappa shape index (κ3) is 5.09. The third-order valence-electron chi connectivity index (χ3n) is 5.87. The lowest BCUT2D eigenvalue weighted by molar-refractivity contribution is -0.138. The van der Waals surface area contributed by atoms with Gasteiger partial charge >= 0.3 is 12.1 Å². The van der Waals surface area contributed by atoms with Crippen LogP contribution in [-0.2, 0) is 11.2 Å². The van der Waals surface area contributed by atoms with E-state index in [9.17, 15) is 14.4 Å². The highest BCUT2D eigenvalue weighted by molar-refractivity contribution is 6.09. The van der Waals surface area contributed by atoms with E-state index < -0.39 is 18.6 Å². The Labute approximate surface area is 196 Å². The molecule has 0 radical (unpaired) electrons. The van der Waals surface area contributed by atoms with Gasteiger partial charge in [0.2, 0.25) is 0 Å². The van der Waals surface area contributed by atoms with Gasteiger partial charge in [0.1, 0.15) is 18.1 Å².